The minimum absolute atomic E-state index is 0.0665. The fourth-order valence-electron chi connectivity index (χ4n) is 2.44. The lowest BCUT2D eigenvalue weighted by molar-refractivity contribution is 0.0951. The molecule has 0 fully saturated rings. The normalized spacial score (nSPS) is 10.0. The number of pyridine rings is 1. The van der Waals surface area contributed by atoms with Crippen LogP contribution in [0.25, 0.3) is 0 Å². The zero-order chi connectivity index (χ0) is 19.9. The van der Waals surface area contributed by atoms with Gasteiger partial charge in [0.25, 0.3) is 11.8 Å². The molecule has 0 aliphatic heterocycles. The highest BCUT2D eigenvalue weighted by atomic mass is 19.1. The van der Waals surface area contributed by atoms with Gasteiger partial charge in [0.05, 0.1) is 11.6 Å². The van der Waals surface area contributed by atoms with Crippen LogP contribution < -0.4 is 10.6 Å². The molecular weight excluding hydrogens is 359 g/mol. The van der Waals surface area contributed by atoms with Gasteiger partial charge in [0.2, 0.25) is 0 Å². The number of amides is 2. The number of nitrogens with zero attached hydrogens (tertiary/aromatic N) is 2. The Bertz CT molecular complexity index is 1060. The molecule has 1 aromatic heterocycles. The van der Waals surface area contributed by atoms with Gasteiger partial charge in [-0.15, -0.1) is 0 Å². The third-order valence-electron chi connectivity index (χ3n) is 3.87. The quantitative estimate of drug-likeness (QED) is 0.716. The van der Waals surface area contributed by atoms with Crippen LogP contribution in [0, 0.1) is 17.1 Å². The molecule has 2 amide bonds. The van der Waals surface area contributed by atoms with Gasteiger partial charge >= 0.3 is 0 Å². The summed E-state index contributed by atoms with van der Waals surface area (Å²) in [5, 5.41) is 14.3. The predicted molar refractivity (Wildman–Crippen MR) is 101 cm³/mol. The lowest BCUT2D eigenvalue weighted by Crippen LogP contribution is -2.23. The minimum Gasteiger partial charge on any atom is -0.348 e. The first kappa shape index (κ1) is 18.7. The van der Waals surface area contributed by atoms with Crippen molar-refractivity contribution >= 4 is 17.5 Å². The van der Waals surface area contributed by atoms with Gasteiger partial charge in [0.1, 0.15) is 11.5 Å². The average Bonchev–Trinajstić information content (AvgIpc) is 2.73. The van der Waals surface area contributed by atoms with E-state index in [1.54, 1.807) is 30.3 Å². The van der Waals surface area contributed by atoms with E-state index in [1.165, 1.54) is 36.5 Å². The fourth-order valence-corrected chi connectivity index (χ4v) is 2.44. The summed E-state index contributed by atoms with van der Waals surface area (Å²) in [6, 6.07) is 17.1. The second kappa shape index (κ2) is 8.56. The molecule has 6 nitrogen and oxygen atoms in total. The van der Waals surface area contributed by atoms with E-state index in [-0.39, 0.29) is 29.5 Å². The summed E-state index contributed by atoms with van der Waals surface area (Å²) in [5.41, 5.74) is 1.96. The molecule has 0 unspecified atom stereocenters. The predicted octanol–water partition coefficient (Wildman–Crippen LogP) is 3.27. The monoisotopic (exact) mass is 374 g/mol. The number of carbonyl (C=O) groups is 2. The van der Waals surface area contributed by atoms with Crippen molar-refractivity contribution < 1.29 is 14.0 Å². The summed E-state index contributed by atoms with van der Waals surface area (Å²) in [5.74, 6) is -1.23. The van der Waals surface area contributed by atoms with E-state index < -0.39 is 5.91 Å². The zero-order valence-corrected chi connectivity index (χ0v) is 14.6. The molecule has 2 N–H and O–H groups in total. The zero-order valence-electron chi connectivity index (χ0n) is 14.6. The van der Waals surface area contributed by atoms with Crippen LogP contribution in [0.5, 0.6) is 0 Å². The van der Waals surface area contributed by atoms with E-state index in [4.69, 9.17) is 5.26 Å². The molecule has 0 spiro atoms. The van der Waals surface area contributed by atoms with Crippen molar-refractivity contribution in [2.45, 2.75) is 6.54 Å². The standard InChI is InChI=1S/C21H15FN4O2/c22-17-6-4-14(5-7-17)13-25-20(27)16-8-9-24-19(11-16)21(28)26-18-3-1-2-15(10-18)12-23/h1-11H,13H2,(H,25,27)(H,26,28). The highest BCUT2D eigenvalue weighted by Gasteiger charge is 2.12. The van der Waals surface area contributed by atoms with Crippen molar-refractivity contribution in [1.82, 2.24) is 10.3 Å². The Labute approximate surface area is 160 Å². The number of halogens is 1. The Hall–Kier alpha value is -4.05. The first-order chi connectivity index (χ1) is 13.5. The van der Waals surface area contributed by atoms with Crippen LogP contribution in [0.2, 0.25) is 0 Å². The number of hydrogen-bond donors (Lipinski definition) is 2. The van der Waals surface area contributed by atoms with Gasteiger partial charge in [-0.2, -0.15) is 5.26 Å². The van der Waals surface area contributed by atoms with Crippen LogP contribution in [0.15, 0.2) is 66.9 Å². The van der Waals surface area contributed by atoms with E-state index >= 15 is 0 Å². The maximum absolute atomic E-state index is 12.9. The smallest absolute Gasteiger partial charge is 0.274 e. The van der Waals surface area contributed by atoms with Gasteiger partial charge < -0.3 is 10.6 Å². The third-order valence-corrected chi connectivity index (χ3v) is 3.87. The number of benzene rings is 2. The van der Waals surface area contributed by atoms with Gasteiger partial charge in [-0.05, 0) is 48.0 Å². The molecular formula is C21H15FN4O2. The fraction of sp³-hybridized carbons (Fsp3) is 0.0476. The molecule has 138 valence electrons. The van der Waals surface area contributed by atoms with Crippen molar-refractivity contribution in [3.8, 4) is 6.07 Å². The highest BCUT2D eigenvalue weighted by Crippen LogP contribution is 2.12. The molecule has 7 heteroatoms. The van der Waals surface area contributed by atoms with E-state index in [9.17, 15) is 14.0 Å². The second-order valence-electron chi connectivity index (χ2n) is 5.89. The number of nitriles is 1. The molecule has 2 aromatic carbocycles. The first-order valence-corrected chi connectivity index (χ1v) is 8.35. The molecule has 0 bridgehead atoms. The number of anilines is 1. The summed E-state index contributed by atoms with van der Waals surface area (Å²) >= 11 is 0. The molecule has 0 saturated carbocycles. The van der Waals surface area contributed by atoms with Crippen LogP contribution in [-0.2, 0) is 6.54 Å². The summed E-state index contributed by atoms with van der Waals surface area (Å²) in [4.78, 5) is 28.7. The van der Waals surface area contributed by atoms with E-state index in [2.05, 4.69) is 15.6 Å². The molecule has 0 aliphatic rings. The third kappa shape index (κ3) is 4.77. The number of aromatic nitrogens is 1. The molecule has 3 rings (SSSR count). The Morgan fingerprint density at radius 1 is 1.04 bits per heavy atom. The maximum Gasteiger partial charge on any atom is 0.274 e. The van der Waals surface area contributed by atoms with Gasteiger partial charge in [-0.1, -0.05) is 18.2 Å². The SMILES string of the molecule is N#Cc1cccc(NC(=O)c2cc(C(=O)NCc3ccc(F)cc3)ccn2)c1. The Balaban J connectivity index is 1.66. The largest absolute Gasteiger partial charge is 0.348 e. The Morgan fingerprint density at radius 2 is 1.82 bits per heavy atom. The van der Waals surface area contributed by atoms with E-state index in [0.717, 1.165) is 5.56 Å². The Kier molecular flexibility index (Phi) is 5.72. The summed E-state index contributed by atoms with van der Waals surface area (Å²) in [6.07, 6.45) is 1.37. The minimum atomic E-state index is -0.497. The Morgan fingerprint density at radius 3 is 2.57 bits per heavy atom. The first-order valence-electron chi connectivity index (χ1n) is 8.35. The number of nitrogens with one attached hydrogen (secondary N) is 2. The lowest BCUT2D eigenvalue weighted by atomic mass is 10.1. The van der Waals surface area contributed by atoms with Crippen molar-refractivity contribution in [2.75, 3.05) is 5.32 Å². The van der Waals surface area contributed by atoms with Crippen molar-refractivity contribution in [2.24, 2.45) is 0 Å². The maximum atomic E-state index is 12.9. The van der Waals surface area contributed by atoms with Crippen molar-refractivity contribution in [3.05, 3.63) is 95.1 Å². The molecule has 0 radical (unpaired) electrons. The highest BCUT2D eigenvalue weighted by molar-refractivity contribution is 6.04. The summed E-state index contributed by atoms with van der Waals surface area (Å²) < 4.78 is 12.9. The summed E-state index contributed by atoms with van der Waals surface area (Å²) in [7, 11) is 0. The van der Waals surface area contributed by atoms with Gasteiger partial charge in [-0.25, -0.2) is 4.39 Å². The van der Waals surface area contributed by atoms with Crippen LogP contribution in [-0.4, -0.2) is 16.8 Å². The van der Waals surface area contributed by atoms with Crippen LogP contribution in [0.3, 0.4) is 0 Å². The van der Waals surface area contributed by atoms with Gasteiger partial charge in [0.15, 0.2) is 0 Å². The number of carbonyl (C=O) groups excluding carboxylic acids is 2. The van der Waals surface area contributed by atoms with E-state index in [1.807, 2.05) is 6.07 Å². The molecule has 28 heavy (non-hydrogen) atoms. The van der Waals surface area contributed by atoms with E-state index in [0.29, 0.717) is 11.3 Å². The lowest BCUT2D eigenvalue weighted by Gasteiger charge is -2.08. The van der Waals surface area contributed by atoms with Gasteiger partial charge in [0, 0.05) is 24.0 Å². The number of rotatable bonds is 5. The molecule has 1 heterocycles. The van der Waals surface area contributed by atoms with Crippen molar-refractivity contribution in [3.63, 3.8) is 0 Å². The van der Waals surface area contributed by atoms with Crippen LogP contribution in [0.1, 0.15) is 32.0 Å². The second-order valence-corrected chi connectivity index (χ2v) is 5.89. The molecule has 0 saturated heterocycles. The van der Waals surface area contributed by atoms with Crippen LogP contribution >= 0.6 is 0 Å². The topological polar surface area (TPSA) is 94.9 Å². The summed E-state index contributed by atoms with van der Waals surface area (Å²) in [6.45, 7) is 0.226. The molecule has 0 aliphatic carbocycles. The van der Waals surface area contributed by atoms with Crippen molar-refractivity contribution in [1.29, 1.82) is 5.26 Å². The van der Waals surface area contributed by atoms with Gasteiger partial charge in [-0.3, -0.25) is 14.6 Å². The molecule has 3 aromatic rings. The molecule has 0 atom stereocenters. The average molecular weight is 374 g/mol. The number of hydrogen-bond acceptors (Lipinski definition) is 4. The van der Waals surface area contributed by atoms with Crippen LogP contribution in [0.4, 0.5) is 10.1 Å².